The monoisotopic (exact) mass is 261 g/mol. The fourth-order valence-corrected chi connectivity index (χ4v) is 3.25. The van der Waals surface area contributed by atoms with E-state index < -0.39 is 16.6 Å². The first-order chi connectivity index (χ1) is 7.66. The maximum absolute atomic E-state index is 13.6. The quantitative estimate of drug-likeness (QED) is 0.887. The second kappa shape index (κ2) is 5.15. The van der Waals surface area contributed by atoms with Crippen LogP contribution in [0.5, 0.6) is 0 Å². The van der Waals surface area contributed by atoms with Crippen LogP contribution in [0.25, 0.3) is 0 Å². The molecule has 1 aromatic rings. The van der Waals surface area contributed by atoms with Crippen LogP contribution in [0.3, 0.4) is 0 Å². The molecule has 2 rings (SSSR count). The van der Waals surface area contributed by atoms with E-state index in [2.05, 4.69) is 5.32 Å². The minimum absolute atomic E-state index is 0.129. The van der Waals surface area contributed by atoms with Gasteiger partial charge in [0.25, 0.3) is 0 Å². The zero-order valence-electron chi connectivity index (χ0n) is 8.71. The third kappa shape index (κ3) is 2.74. The maximum atomic E-state index is 13.6. The number of hydrogen-bond acceptors (Lipinski definition) is 2. The van der Waals surface area contributed by atoms with Gasteiger partial charge in [0.05, 0.1) is 10.7 Å². The van der Waals surface area contributed by atoms with Gasteiger partial charge < -0.3 is 5.32 Å². The van der Waals surface area contributed by atoms with E-state index in [1.54, 1.807) is 12.1 Å². The number of benzene rings is 1. The number of rotatable bonds is 2. The lowest BCUT2D eigenvalue weighted by atomic mass is 10.1. The largest absolute Gasteiger partial charge is 0.380 e. The Hall–Kier alpha value is -0.610. The van der Waals surface area contributed by atoms with Crippen LogP contribution in [0.1, 0.15) is 12.8 Å². The predicted octanol–water partition coefficient (Wildman–Crippen LogP) is 2.80. The molecule has 1 fully saturated rings. The van der Waals surface area contributed by atoms with Crippen molar-refractivity contribution in [1.82, 2.24) is 0 Å². The van der Waals surface area contributed by atoms with Crippen molar-refractivity contribution in [3.63, 3.8) is 0 Å². The normalized spacial score (nSPS) is 25.4. The van der Waals surface area contributed by atoms with Crippen LogP contribution < -0.4 is 5.32 Å². The highest BCUT2D eigenvalue weighted by Gasteiger charge is 2.18. The molecule has 5 heteroatoms. The topological polar surface area (TPSA) is 29.1 Å². The van der Waals surface area contributed by atoms with Crippen molar-refractivity contribution >= 4 is 28.1 Å². The summed E-state index contributed by atoms with van der Waals surface area (Å²) in [6.45, 7) is 0. The average molecular weight is 262 g/mol. The summed E-state index contributed by atoms with van der Waals surface area (Å²) in [6.07, 6.45) is 1.64. The number of anilines is 1. The number of hydrogen-bond donors (Lipinski definition) is 1. The summed E-state index contributed by atoms with van der Waals surface area (Å²) in [5, 5.41) is 3.25. The van der Waals surface area contributed by atoms with Crippen LogP contribution in [0.15, 0.2) is 18.2 Å². The Labute approximate surface area is 102 Å². The summed E-state index contributed by atoms with van der Waals surface area (Å²) in [5.74, 6) is 0.982. The predicted molar refractivity (Wildman–Crippen MR) is 65.9 cm³/mol. The van der Waals surface area contributed by atoms with Gasteiger partial charge in [-0.25, -0.2) is 4.39 Å². The zero-order chi connectivity index (χ0) is 11.5. The molecule has 0 bridgehead atoms. The van der Waals surface area contributed by atoms with Gasteiger partial charge in [-0.3, -0.25) is 4.21 Å². The molecule has 2 nitrogen and oxygen atoms in total. The van der Waals surface area contributed by atoms with E-state index in [1.165, 1.54) is 6.07 Å². The fourth-order valence-electron chi connectivity index (χ4n) is 1.77. The lowest BCUT2D eigenvalue weighted by molar-refractivity contribution is 0.604. The third-order valence-electron chi connectivity index (χ3n) is 2.70. The van der Waals surface area contributed by atoms with Crippen LogP contribution in [0.2, 0.25) is 5.02 Å². The van der Waals surface area contributed by atoms with Crippen molar-refractivity contribution in [3.05, 3.63) is 29.0 Å². The Morgan fingerprint density at radius 2 is 2.06 bits per heavy atom. The molecule has 0 aliphatic carbocycles. The van der Waals surface area contributed by atoms with Crippen LogP contribution in [0, 0.1) is 5.82 Å². The van der Waals surface area contributed by atoms with E-state index >= 15 is 0 Å². The van der Waals surface area contributed by atoms with Gasteiger partial charge >= 0.3 is 0 Å². The van der Waals surface area contributed by atoms with Crippen molar-refractivity contribution in [2.45, 2.75) is 18.9 Å². The summed E-state index contributed by atoms with van der Waals surface area (Å²) in [5.41, 5.74) is 0.435. The van der Waals surface area contributed by atoms with Crippen molar-refractivity contribution in [1.29, 1.82) is 0 Å². The fraction of sp³-hybridized carbons (Fsp3) is 0.455. The van der Waals surface area contributed by atoms with Gasteiger partial charge in [-0.15, -0.1) is 0 Å². The molecule has 1 aliphatic heterocycles. The molecule has 0 amide bonds. The van der Waals surface area contributed by atoms with Gasteiger partial charge in [0, 0.05) is 28.3 Å². The van der Waals surface area contributed by atoms with Gasteiger partial charge in [-0.1, -0.05) is 17.7 Å². The van der Waals surface area contributed by atoms with Crippen LogP contribution in [-0.4, -0.2) is 21.8 Å². The lowest BCUT2D eigenvalue weighted by Gasteiger charge is -2.23. The number of halogens is 2. The minimum atomic E-state index is -0.688. The van der Waals surface area contributed by atoms with E-state index in [0.717, 1.165) is 12.8 Å². The van der Waals surface area contributed by atoms with Gasteiger partial charge in [-0.2, -0.15) is 0 Å². The Bertz CT molecular complexity index is 403. The first kappa shape index (κ1) is 11.9. The second-order valence-electron chi connectivity index (χ2n) is 3.87. The molecular formula is C11H13ClFNOS. The molecule has 0 aromatic heterocycles. The van der Waals surface area contributed by atoms with Crippen molar-refractivity contribution < 1.29 is 8.60 Å². The molecule has 16 heavy (non-hydrogen) atoms. The van der Waals surface area contributed by atoms with Gasteiger partial charge in [0.2, 0.25) is 0 Å². The summed E-state index contributed by atoms with van der Waals surface area (Å²) >= 11 is 5.69. The van der Waals surface area contributed by atoms with Gasteiger partial charge in [-0.05, 0) is 25.0 Å². The molecule has 0 saturated carbocycles. The molecule has 1 heterocycles. The molecule has 88 valence electrons. The van der Waals surface area contributed by atoms with Gasteiger partial charge in [0.1, 0.15) is 0 Å². The highest BCUT2D eigenvalue weighted by molar-refractivity contribution is 7.85. The Balaban J connectivity index is 2.04. The molecule has 0 atom stereocenters. The first-order valence-corrected chi connectivity index (χ1v) is 7.09. The van der Waals surface area contributed by atoms with E-state index in [1.807, 2.05) is 0 Å². The molecule has 0 radical (unpaired) electrons. The van der Waals surface area contributed by atoms with Crippen molar-refractivity contribution in [2.24, 2.45) is 0 Å². The van der Waals surface area contributed by atoms with Crippen LogP contribution >= 0.6 is 11.6 Å². The second-order valence-corrected chi connectivity index (χ2v) is 5.97. The smallest absolute Gasteiger partial charge is 0.164 e. The Morgan fingerprint density at radius 3 is 2.75 bits per heavy atom. The van der Waals surface area contributed by atoms with Crippen molar-refractivity contribution in [3.8, 4) is 0 Å². The third-order valence-corrected chi connectivity index (χ3v) is 4.37. The summed E-state index contributed by atoms with van der Waals surface area (Å²) in [7, 11) is -0.688. The number of nitrogens with one attached hydrogen (secondary N) is 1. The Morgan fingerprint density at radius 1 is 1.38 bits per heavy atom. The SMILES string of the molecule is O=S1CCC(Nc2cccc(Cl)c2F)CC1. The molecule has 0 spiro atoms. The zero-order valence-corrected chi connectivity index (χ0v) is 10.3. The molecule has 1 N–H and O–H groups in total. The Kier molecular flexibility index (Phi) is 3.82. The van der Waals surface area contributed by atoms with E-state index in [-0.39, 0.29) is 11.1 Å². The van der Waals surface area contributed by atoms with Gasteiger partial charge in [0.15, 0.2) is 5.82 Å². The van der Waals surface area contributed by atoms with E-state index in [4.69, 9.17) is 11.6 Å². The minimum Gasteiger partial charge on any atom is -0.380 e. The highest BCUT2D eigenvalue weighted by Crippen LogP contribution is 2.24. The highest BCUT2D eigenvalue weighted by atomic mass is 35.5. The molecular weight excluding hydrogens is 249 g/mol. The standard InChI is InChI=1S/C11H13ClFNOS/c12-9-2-1-3-10(11(9)13)14-8-4-6-16(15)7-5-8/h1-3,8,14H,4-7H2. The summed E-state index contributed by atoms with van der Waals surface area (Å²) in [6, 6.07) is 5.12. The van der Waals surface area contributed by atoms with E-state index in [9.17, 15) is 8.60 Å². The molecule has 1 aliphatic rings. The summed E-state index contributed by atoms with van der Waals surface area (Å²) in [4.78, 5) is 0. The van der Waals surface area contributed by atoms with Crippen LogP contribution in [-0.2, 0) is 10.8 Å². The van der Waals surface area contributed by atoms with Crippen LogP contribution in [0.4, 0.5) is 10.1 Å². The van der Waals surface area contributed by atoms with E-state index in [0.29, 0.717) is 17.2 Å². The molecule has 1 aromatic carbocycles. The maximum Gasteiger partial charge on any atom is 0.164 e. The lowest BCUT2D eigenvalue weighted by Crippen LogP contribution is -2.29. The average Bonchev–Trinajstić information content (AvgIpc) is 2.28. The molecule has 1 saturated heterocycles. The van der Waals surface area contributed by atoms with Crippen molar-refractivity contribution in [2.75, 3.05) is 16.8 Å². The molecule has 0 unspecified atom stereocenters. The first-order valence-electron chi connectivity index (χ1n) is 5.22. The summed E-state index contributed by atoms with van der Waals surface area (Å²) < 4.78 is 24.7.